The zero-order chi connectivity index (χ0) is 18.4. The molecule has 0 aliphatic carbocycles. The summed E-state index contributed by atoms with van der Waals surface area (Å²) in [6.45, 7) is 0.453. The molecular formula is C16H15ClF3N3O2. The first-order chi connectivity index (χ1) is 11.8. The number of aromatic nitrogens is 1. The van der Waals surface area contributed by atoms with Crippen molar-refractivity contribution in [2.75, 3.05) is 25.5 Å². The first kappa shape index (κ1) is 18.9. The van der Waals surface area contributed by atoms with Crippen molar-refractivity contribution in [1.82, 2.24) is 10.3 Å². The summed E-state index contributed by atoms with van der Waals surface area (Å²) < 4.78 is 42.7. The number of alkyl halides is 3. The van der Waals surface area contributed by atoms with Gasteiger partial charge in [0.15, 0.2) is 0 Å². The third kappa shape index (κ3) is 4.99. The van der Waals surface area contributed by atoms with Crippen molar-refractivity contribution in [3.63, 3.8) is 0 Å². The van der Waals surface area contributed by atoms with E-state index in [1.807, 2.05) is 0 Å². The van der Waals surface area contributed by atoms with Crippen LogP contribution in [0.3, 0.4) is 0 Å². The molecule has 0 saturated carbocycles. The molecule has 2 aromatic rings. The number of rotatable bonds is 6. The van der Waals surface area contributed by atoms with Gasteiger partial charge in [0.2, 0.25) is 0 Å². The van der Waals surface area contributed by atoms with Crippen LogP contribution in [0.2, 0.25) is 5.02 Å². The van der Waals surface area contributed by atoms with Gasteiger partial charge in [-0.15, -0.1) is 0 Å². The number of para-hydroxylation sites is 1. The molecule has 5 nitrogen and oxygen atoms in total. The molecule has 1 aromatic carbocycles. The Morgan fingerprint density at radius 1 is 1.28 bits per heavy atom. The van der Waals surface area contributed by atoms with Crippen LogP contribution in [0, 0.1) is 0 Å². The Balaban J connectivity index is 1.88. The number of carbonyl (C=O) groups excluding carboxylic acids is 1. The van der Waals surface area contributed by atoms with Crippen LogP contribution >= 0.6 is 11.6 Å². The number of anilines is 1. The van der Waals surface area contributed by atoms with Crippen LogP contribution in [0.5, 0.6) is 5.75 Å². The molecule has 0 radical (unpaired) electrons. The first-order valence-corrected chi connectivity index (χ1v) is 7.58. The van der Waals surface area contributed by atoms with E-state index in [1.54, 1.807) is 24.3 Å². The normalized spacial score (nSPS) is 11.1. The molecule has 0 spiro atoms. The fourth-order valence-corrected chi connectivity index (χ4v) is 2.24. The van der Waals surface area contributed by atoms with Gasteiger partial charge in [0, 0.05) is 19.3 Å². The van der Waals surface area contributed by atoms with E-state index in [9.17, 15) is 18.0 Å². The molecule has 0 atom stereocenters. The van der Waals surface area contributed by atoms with E-state index in [-0.39, 0.29) is 29.8 Å². The number of nitrogens with zero attached hydrogens (tertiary/aromatic N) is 1. The Morgan fingerprint density at radius 3 is 2.64 bits per heavy atom. The molecule has 1 amide bonds. The van der Waals surface area contributed by atoms with E-state index in [1.165, 1.54) is 7.11 Å². The number of hydrogen-bond acceptors (Lipinski definition) is 4. The Bertz CT molecular complexity index is 754. The predicted octanol–water partition coefficient (Wildman–Crippen LogP) is 3.60. The number of pyridine rings is 1. The van der Waals surface area contributed by atoms with Crippen LogP contribution < -0.4 is 15.4 Å². The van der Waals surface area contributed by atoms with Gasteiger partial charge in [-0.3, -0.25) is 4.79 Å². The smallest absolute Gasteiger partial charge is 0.417 e. The fourth-order valence-electron chi connectivity index (χ4n) is 2.01. The molecule has 0 fully saturated rings. The number of methoxy groups -OCH3 is 1. The standard InChI is InChI=1S/C16H15ClF3N3O2/c1-25-13-5-3-2-4-11(13)15(24)22-7-6-21-14-12(17)8-10(9-23-14)16(18,19)20/h2-5,8-9H,6-7H2,1H3,(H,21,23)(H,22,24). The summed E-state index contributed by atoms with van der Waals surface area (Å²) in [4.78, 5) is 15.7. The summed E-state index contributed by atoms with van der Waals surface area (Å²) in [6.07, 6.45) is -3.81. The van der Waals surface area contributed by atoms with E-state index >= 15 is 0 Å². The topological polar surface area (TPSA) is 63.2 Å². The van der Waals surface area contributed by atoms with Crippen molar-refractivity contribution >= 4 is 23.3 Å². The fraction of sp³-hybridized carbons (Fsp3) is 0.250. The second-order valence-corrected chi connectivity index (χ2v) is 5.34. The lowest BCUT2D eigenvalue weighted by atomic mass is 10.2. The van der Waals surface area contributed by atoms with E-state index in [2.05, 4.69) is 15.6 Å². The van der Waals surface area contributed by atoms with Gasteiger partial charge in [-0.2, -0.15) is 13.2 Å². The van der Waals surface area contributed by atoms with Crippen LogP contribution in [0.25, 0.3) is 0 Å². The molecule has 9 heteroatoms. The van der Waals surface area contributed by atoms with Gasteiger partial charge in [-0.05, 0) is 18.2 Å². The van der Waals surface area contributed by atoms with Crippen molar-refractivity contribution in [3.05, 3.63) is 52.7 Å². The van der Waals surface area contributed by atoms with Crippen LogP contribution in [-0.4, -0.2) is 31.1 Å². The maximum Gasteiger partial charge on any atom is 0.417 e. The lowest BCUT2D eigenvalue weighted by molar-refractivity contribution is -0.137. The van der Waals surface area contributed by atoms with Gasteiger partial charge < -0.3 is 15.4 Å². The number of nitrogens with one attached hydrogen (secondary N) is 2. The highest BCUT2D eigenvalue weighted by Gasteiger charge is 2.31. The Hall–Kier alpha value is -2.48. The lowest BCUT2D eigenvalue weighted by Crippen LogP contribution is -2.29. The predicted molar refractivity (Wildman–Crippen MR) is 88.1 cm³/mol. The maximum atomic E-state index is 12.5. The second-order valence-electron chi connectivity index (χ2n) is 4.94. The van der Waals surface area contributed by atoms with Gasteiger partial charge in [0.25, 0.3) is 5.91 Å². The van der Waals surface area contributed by atoms with Crippen molar-refractivity contribution in [2.24, 2.45) is 0 Å². The number of ether oxygens (including phenoxy) is 1. The molecular weight excluding hydrogens is 359 g/mol. The van der Waals surface area contributed by atoms with Crippen molar-refractivity contribution in [1.29, 1.82) is 0 Å². The zero-order valence-electron chi connectivity index (χ0n) is 13.2. The third-order valence-electron chi connectivity index (χ3n) is 3.22. The summed E-state index contributed by atoms with van der Waals surface area (Å²) in [5, 5.41) is 5.29. The van der Waals surface area contributed by atoms with E-state index in [0.717, 1.165) is 6.07 Å². The maximum absolute atomic E-state index is 12.5. The Labute approximate surface area is 147 Å². The minimum atomic E-state index is -4.50. The van der Waals surface area contributed by atoms with Crippen LogP contribution in [-0.2, 0) is 6.18 Å². The molecule has 25 heavy (non-hydrogen) atoms. The molecule has 0 saturated heterocycles. The molecule has 0 aliphatic heterocycles. The highest BCUT2D eigenvalue weighted by atomic mass is 35.5. The Morgan fingerprint density at radius 2 is 2.00 bits per heavy atom. The van der Waals surface area contributed by atoms with Gasteiger partial charge >= 0.3 is 6.18 Å². The average molecular weight is 374 g/mol. The highest BCUT2D eigenvalue weighted by Crippen LogP contribution is 2.32. The molecule has 0 unspecified atom stereocenters. The van der Waals surface area contributed by atoms with Crippen molar-refractivity contribution < 1.29 is 22.7 Å². The van der Waals surface area contributed by atoms with Crippen molar-refractivity contribution in [3.8, 4) is 5.75 Å². The number of carbonyl (C=O) groups is 1. The summed E-state index contributed by atoms with van der Waals surface area (Å²) in [7, 11) is 1.46. The summed E-state index contributed by atoms with van der Waals surface area (Å²) >= 11 is 5.78. The Kier molecular flexibility index (Phi) is 6.08. The number of halogens is 4. The number of amides is 1. The number of hydrogen-bond donors (Lipinski definition) is 2. The number of benzene rings is 1. The van der Waals surface area contributed by atoms with Crippen molar-refractivity contribution in [2.45, 2.75) is 6.18 Å². The highest BCUT2D eigenvalue weighted by molar-refractivity contribution is 6.32. The van der Waals surface area contributed by atoms with Gasteiger partial charge in [-0.25, -0.2) is 4.98 Å². The quantitative estimate of drug-likeness (QED) is 0.759. The SMILES string of the molecule is COc1ccccc1C(=O)NCCNc1ncc(C(F)(F)F)cc1Cl. The molecule has 2 rings (SSSR count). The van der Waals surface area contributed by atoms with Gasteiger partial charge in [0.05, 0.1) is 23.3 Å². The second kappa shape index (κ2) is 8.06. The molecule has 0 bridgehead atoms. The van der Waals surface area contributed by atoms with Gasteiger partial charge in [-0.1, -0.05) is 23.7 Å². The molecule has 1 heterocycles. The monoisotopic (exact) mass is 373 g/mol. The van der Waals surface area contributed by atoms with E-state index in [0.29, 0.717) is 17.5 Å². The van der Waals surface area contributed by atoms with Crippen LogP contribution in [0.4, 0.5) is 19.0 Å². The molecule has 1 aromatic heterocycles. The van der Waals surface area contributed by atoms with Crippen LogP contribution in [0.15, 0.2) is 36.5 Å². The van der Waals surface area contributed by atoms with Crippen LogP contribution in [0.1, 0.15) is 15.9 Å². The van der Waals surface area contributed by atoms with Gasteiger partial charge in [0.1, 0.15) is 11.6 Å². The summed E-state index contributed by atoms with van der Waals surface area (Å²) in [5.41, 5.74) is -0.539. The summed E-state index contributed by atoms with van der Waals surface area (Å²) in [6, 6.07) is 7.54. The van der Waals surface area contributed by atoms with E-state index in [4.69, 9.17) is 16.3 Å². The zero-order valence-corrected chi connectivity index (χ0v) is 13.9. The first-order valence-electron chi connectivity index (χ1n) is 7.20. The molecule has 134 valence electrons. The minimum Gasteiger partial charge on any atom is -0.496 e. The summed E-state index contributed by atoms with van der Waals surface area (Å²) in [5.74, 6) is 0.229. The molecule has 2 N–H and O–H groups in total. The third-order valence-corrected chi connectivity index (χ3v) is 3.51. The average Bonchev–Trinajstić information content (AvgIpc) is 2.58. The van der Waals surface area contributed by atoms with E-state index < -0.39 is 11.7 Å². The largest absolute Gasteiger partial charge is 0.496 e. The minimum absolute atomic E-state index is 0.112. The molecule has 0 aliphatic rings. The lowest BCUT2D eigenvalue weighted by Gasteiger charge is -2.12.